The lowest BCUT2D eigenvalue weighted by molar-refractivity contribution is 0.462. The minimum absolute atomic E-state index is 0.0197. The Balaban J connectivity index is 1.40. The van der Waals surface area contributed by atoms with Crippen LogP contribution in [0.1, 0.15) is 43.2 Å². The third-order valence-corrected chi connectivity index (χ3v) is 6.87. The highest BCUT2D eigenvalue weighted by Gasteiger charge is 2.18. The highest BCUT2D eigenvalue weighted by atomic mass is 32.2. The zero-order chi connectivity index (χ0) is 23.0. The molecule has 33 heavy (non-hydrogen) atoms. The molecule has 1 atom stereocenters. The topological polar surface area (TPSA) is 116 Å². The van der Waals surface area contributed by atoms with Gasteiger partial charge in [0.05, 0.1) is 23.6 Å². The molecule has 3 aromatic rings. The van der Waals surface area contributed by atoms with Crippen LogP contribution in [0, 0.1) is 5.41 Å². The summed E-state index contributed by atoms with van der Waals surface area (Å²) in [6, 6.07) is 19.0. The van der Waals surface area contributed by atoms with Crippen LogP contribution >= 0.6 is 0 Å². The Bertz CT molecular complexity index is 1110. The van der Waals surface area contributed by atoms with E-state index in [2.05, 4.69) is 20.3 Å². The molecule has 0 radical (unpaired) electrons. The molecule has 0 bridgehead atoms. The van der Waals surface area contributed by atoms with Gasteiger partial charge in [-0.1, -0.05) is 49.6 Å². The first-order valence-corrected chi connectivity index (χ1v) is 12.4. The van der Waals surface area contributed by atoms with Crippen molar-refractivity contribution in [3.63, 3.8) is 0 Å². The maximum absolute atomic E-state index is 12.5. The molecule has 1 aromatic heterocycles. The molecule has 1 unspecified atom stereocenters. The smallest absolute Gasteiger partial charge is 0.261 e. The van der Waals surface area contributed by atoms with Crippen LogP contribution < -0.4 is 20.9 Å². The van der Waals surface area contributed by atoms with Crippen LogP contribution in [-0.2, 0) is 17.9 Å². The van der Waals surface area contributed by atoms with Crippen LogP contribution in [0.5, 0.6) is 0 Å². The Morgan fingerprint density at radius 1 is 1.03 bits per heavy atom. The summed E-state index contributed by atoms with van der Waals surface area (Å²) >= 11 is -1.35. The molecule has 1 aliphatic carbocycles. The van der Waals surface area contributed by atoms with E-state index in [0.717, 1.165) is 18.4 Å². The molecule has 172 valence electrons. The van der Waals surface area contributed by atoms with E-state index in [1.807, 2.05) is 36.4 Å². The molecule has 0 aliphatic heterocycles. The van der Waals surface area contributed by atoms with Gasteiger partial charge in [-0.25, -0.2) is 0 Å². The fourth-order valence-corrected chi connectivity index (χ4v) is 4.86. The Hall–Kier alpha value is -3.07. The maximum Gasteiger partial charge on any atom is 0.261 e. The van der Waals surface area contributed by atoms with Crippen LogP contribution in [0.4, 0.5) is 11.4 Å². The Labute approximate surface area is 196 Å². The van der Waals surface area contributed by atoms with Gasteiger partial charge in [-0.3, -0.25) is 10.2 Å². The lowest BCUT2D eigenvalue weighted by Crippen LogP contribution is -2.29. The first kappa shape index (κ1) is 23.1. The second kappa shape index (κ2) is 11.2. The van der Waals surface area contributed by atoms with E-state index < -0.39 is 11.4 Å². The van der Waals surface area contributed by atoms with E-state index in [1.165, 1.54) is 19.3 Å². The number of nitrogens with one attached hydrogen (secondary N) is 5. The van der Waals surface area contributed by atoms with Crippen molar-refractivity contribution in [2.75, 3.05) is 10.6 Å². The molecule has 0 amide bonds. The number of hydrogen-bond donors (Lipinski definition) is 5. The van der Waals surface area contributed by atoms with Crippen molar-refractivity contribution in [1.29, 1.82) is 5.41 Å². The number of anilines is 2. The fraction of sp³-hybridized carbons (Fsp3) is 0.280. The summed E-state index contributed by atoms with van der Waals surface area (Å²) in [5, 5.41) is 15.0. The highest BCUT2D eigenvalue weighted by molar-refractivity contribution is 7.89. The average molecular weight is 464 g/mol. The van der Waals surface area contributed by atoms with E-state index in [9.17, 15) is 9.35 Å². The lowest BCUT2D eigenvalue weighted by atomic mass is 9.95. The highest BCUT2D eigenvalue weighted by Crippen LogP contribution is 2.23. The average Bonchev–Trinajstić information content (AvgIpc) is 2.84. The number of aromatic amines is 1. The van der Waals surface area contributed by atoms with E-state index in [4.69, 9.17) is 5.41 Å². The zero-order valence-corrected chi connectivity index (χ0v) is 19.2. The fourth-order valence-electron chi connectivity index (χ4n) is 4.01. The number of rotatable bonds is 8. The second-order valence-corrected chi connectivity index (χ2v) is 9.47. The van der Waals surface area contributed by atoms with E-state index in [-0.39, 0.29) is 11.4 Å². The third kappa shape index (κ3) is 6.25. The number of aromatic nitrogens is 1. The maximum atomic E-state index is 12.5. The summed E-state index contributed by atoms with van der Waals surface area (Å²) in [6.07, 6.45) is 7.37. The quantitative estimate of drug-likeness (QED) is 0.193. The van der Waals surface area contributed by atoms with Crippen LogP contribution in [-0.4, -0.2) is 21.4 Å². The number of H-pyrrole nitrogens is 1. The first-order valence-electron chi connectivity index (χ1n) is 11.2. The monoisotopic (exact) mass is 463 g/mol. The van der Waals surface area contributed by atoms with Crippen LogP contribution in [0.15, 0.2) is 76.6 Å². The van der Waals surface area contributed by atoms with Crippen molar-refractivity contribution in [3.8, 4) is 0 Å². The van der Waals surface area contributed by atoms with Gasteiger partial charge in [-0.05, 0) is 48.7 Å². The molecular formula is C25H29N5O2S. The summed E-state index contributed by atoms with van der Waals surface area (Å²) in [5.74, 6) is 0.0197. The molecule has 4 rings (SSSR count). The lowest BCUT2D eigenvalue weighted by Gasteiger charge is -2.25. The van der Waals surface area contributed by atoms with Crippen molar-refractivity contribution in [2.24, 2.45) is 0 Å². The van der Waals surface area contributed by atoms with Crippen molar-refractivity contribution in [2.45, 2.75) is 49.6 Å². The number of amidine groups is 1. The molecule has 2 aromatic carbocycles. The number of benzene rings is 2. The Kier molecular flexibility index (Phi) is 7.83. The molecule has 1 saturated carbocycles. The third-order valence-electron chi connectivity index (χ3n) is 5.76. The van der Waals surface area contributed by atoms with Gasteiger partial charge in [0.15, 0.2) is 4.90 Å². The van der Waals surface area contributed by atoms with Crippen LogP contribution in [0.25, 0.3) is 0 Å². The second-order valence-electron chi connectivity index (χ2n) is 8.17. The molecular weight excluding hydrogens is 434 g/mol. The predicted molar refractivity (Wildman–Crippen MR) is 134 cm³/mol. The van der Waals surface area contributed by atoms with Gasteiger partial charge in [0.25, 0.3) is 5.56 Å². The van der Waals surface area contributed by atoms with Gasteiger partial charge in [0.1, 0.15) is 11.4 Å². The van der Waals surface area contributed by atoms with Gasteiger partial charge in [-0.15, -0.1) is 4.72 Å². The summed E-state index contributed by atoms with van der Waals surface area (Å²) in [5.41, 5.74) is 2.36. The normalized spacial score (nSPS) is 15.1. The van der Waals surface area contributed by atoms with Crippen molar-refractivity contribution >= 4 is 28.6 Å². The van der Waals surface area contributed by atoms with E-state index in [1.54, 1.807) is 30.5 Å². The van der Waals surface area contributed by atoms with Crippen molar-refractivity contribution in [3.05, 3.63) is 88.3 Å². The van der Waals surface area contributed by atoms with E-state index in [0.29, 0.717) is 34.4 Å². The van der Waals surface area contributed by atoms with Gasteiger partial charge in [0, 0.05) is 17.9 Å². The molecule has 0 spiro atoms. The van der Waals surface area contributed by atoms with Gasteiger partial charge in [0.2, 0.25) is 0 Å². The van der Waals surface area contributed by atoms with Crippen molar-refractivity contribution in [1.82, 2.24) is 9.71 Å². The number of pyridine rings is 1. The molecule has 0 saturated heterocycles. The summed E-state index contributed by atoms with van der Waals surface area (Å²) < 4.78 is 15.5. The minimum Gasteiger partial charge on any atom is -0.593 e. The van der Waals surface area contributed by atoms with Gasteiger partial charge >= 0.3 is 0 Å². The zero-order valence-electron chi connectivity index (χ0n) is 18.4. The van der Waals surface area contributed by atoms with E-state index >= 15 is 0 Å². The largest absolute Gasteiger partial charge is 0.593 e. The molecule has 5 N–H and O–H groups in total. The Morgan fingerprint density at radius 2 is 1.76 bits per heavy atom. The van der Waals surface area contributed by atoms with Crippen LogP contribution in [0.3, 0.4) is 0 Å². The van der Waals surface area contributed by atoms with Crippen molar-refractivity contribution < 1.29 is 4.55 Å². The SMILES string of the molecule is N=C(Nc1ccc([S+]([O-])NCc2ccccc2)cc1)c1c(NC2CCCCC2)cc[nH]c1=O. The minimum atomic E-state index is -1.35. The van der Waals surface area contributed by atoms with Gasteiger partial charge < -0.3 is 20.2 Å². The predicted octanol–water partition coefficient (Wildman–Crippen LogP) is 4.37. The Morgan fingerprint density at radius 3 is 2.48 bits per heavy atom. The molecule has 1 aliphatic rings. The summed E-state index contributed by atoms with van der Waals surface area (Å²) in [6.45, 7) is 0.506. The molecule has 1 heterocycles. The van der Waals surface area contributed by atoms with Gasteiger partial charge in [-0.2, -0.15) is 0 Å². The molecule has 1 fully saturated rings. The number of hydrogen-bond acceptors (Lipinski definition) is 5. The molecule has 8 heteroatoms. The van der Waals surface area contributed by atoms with Crippen LogP contribution in [0.2, 0.25) is 0 Å². The first-order chi connectivity index (χ1) is 16.1. The summed E-state index contributed by atoms with van der Waals surface area (Å²) in [7, 11) is 0. The molecule has 7 nitrogen and oxygen atoms in total. The standard InChI is InChI=1S/C25H29N5O2S/c26-24(23-22(15-16-27-25(23)31)29-19-9-5-2-6-10-19)30-20-11-13-21(14-12-20)33(32)28-17-18-7-3-1-4-8-18/h1,3-4,7-8,11-16,19,28H,2,5-6,9-10,17H2,(H2,26,30)(H2,27,29,31). The summed E-state index contributed by atoms with van der Waals surface area (Å²) in [4.78, 5) is 15.8.